The van der Waals surface area contributed by atoms with Crippen LogP contribution in [0.2, 0.25) is 5.02 Å². The maximum absolute atomic E-state index is 5.98. The van der Waals surface area contributed by atoms with Crippen molar-refractivity contribution in [1.82, 2.24) is 9.97 Å². The van der Waals surface area contributed by atoms with Crippen LogP contribution in [0.1, 0.15) is 30.3 Å². The number of halogens is 1. The molecule has 4 nitrogen and oxygen atoms in total. The third-order valence-corrected chi connectivity index (χ3v) is 3.36. The molecule has 1 heterocycles. The van der Waals surface area contributed by atoms with Gasteiger partial charge in [-0.2, -0.15) is 4.98 Å². The lowest BCUT2D eigenvalue weighted by Crippen LogP contribution is -2.07. The Morgan fingerprint density at radius 2 is 2.10 bits per heavy atom. The van der Waals surface area contributed by atoms with Crippen LogP contribution in [0, 0.1) is 6.92 Å². The highest BCUT2D eigenvalue weighted by Crippen LogP contribution is 2.23. The van der Waals surface area contributed by atoms with E-state index in [2.05, 4.69) is 22.2 Å². The summed E-state index contributed by atoms with van der Waals surface area (Å²) in [5, 5.41) is 3.80. The van der Waals surface area contributed by atoms with Crippen molar-refractivity contribution in [3.8, 4) is 5.88 Å². The van der Waals surface area contributed by atoms with Gasteiger partial charge < -0.3 is 10.1 Å². The van der Waals surface area contributed by atoms with Crippen LogP contribution in [-0.4, -0.2) is 17.0 Å². The van der Waals surface area contributed by atoms with Crippen molar-refractivity contribution >= 4 is 17.4 Å². The normalized spacial score (nSPS) is 10.5. The minimum Gasteiger partial charge on any atom is -0.472 e. The highest BCUT2D eigenvalue weighted by molar-refractivity contribution is 6.30. The quantitative estimate of drug-likeness (QED) is 0.876. The molecule has 0 spiro atoms. The van der Waals surface area contributed by atoms with E-state index in [1.54, 1.807) is 0 Å². The zero-order valence-electron chi connectivity index (χ0n) is 12.6. The van der Waals surface area contributed by atoms with Crippen LogP contribution in [0.25, 0.3) is 0 Å². The van der Waals surface area contributed by atoms with Crippen LogP contribution in [0.4, 0.5) is 5.82 Å². The first-order valence-corrected chi connectivity index (χ1v) is 7.44. The smallest absolute Gasteiger partial charge is 0.222 e. The van der Waals surface area contributed by atoms with Gasteiger partial charge in [0.2, 0.25) is 5.88 Å². The number of nitrogens with one attached hydrogen (secondary N) is 1. The van der Waals surface area contributed by atoms with Gasteiger partial charge in [-0.15, -0.1) is 0 Å². The largest absolute Gasteiger partial charge is 0.472 e. The third-order valence-electron chi connectivity index (χ3n) is 3.12. The summed E-state index contributed by atoms with van der Waals surface area (Å²) in [6.07, 6.45) is 1.84. The molecule has 1 aromatic heterocycles. The molecule has 21 heavy (non-hydrogen) atoms. The van der Waals surface area contributed by atoms with Gasteiger partial charge in [-0.1, -0.05) is 30.7 Å². The first-order valence-electron chi connectivity index (χ1n) is 7.06. The summed E-state index contributed by atoms with van der Waals surface area (Å²) < 4.78 is 5.86. The number of rotatable bonds is 6. The summed E-state index contributed by atoms with van der Waals surface area (Å²) in [7, 11) is 1.85. The number of hydrogen-bond acceptors (Lipinski definition) is 4. The van der Waals surface area contributed by atoms with Gasteiger partial charge in [-0.05, 0) is 31.0 Å². The lowest BCUT2D eigenvalue weighted by atomic mass is 10.2. The average molecular weight is 306 g/mol. The Kier molecular flexibility index (Phi) is 5.39. The molecular formula is C16H20ClN3O. The van der Waals surface area contributed by atoms with Crippen LogP contribution >= 0.6 is 11.6 Å². The highest BCUT2D eigenvalue weighted by Gasteiger charge is 2.11. The van der Waals surface area contributed by atoms with Gasteiger partial charge in [-0.3, -0.25) is 0 Å². The fourth-order valence-electron chi connectivity index (χ4n) is 2.04. The number of aryl methyl sites for hydroxylation is 1. The molecule has 112 valence electrons. The van der Waals surface area contributed by atoms with E-state index in [-0.39, 0.29) is 0 Å². The van der Waals surface area contributed by atoms with Crippen LogP contribution in [0.5, 0.6) is 5.88 Å². The monoisotopic (exact) mass is 305 g/mol. The summed E-state index contributed by atoms with van der Waals surface area (Å²) in [4.78, 5) is 8.99. The fraction of sp³-hybridized carbons (Fsp3) is 0.375. The molecule has 0 amide bonds. The Labute approximate surface area is 130 Å². The molecule has 0 radical (unpaired) electrons. The molecule has 0 bridgehead atoms. The predicted molar refractivity (Wildman–Crippen MR) is 86.1 cm³/mol. The van der Waals surface area contributed by atoms with Crippen molar-refractivity contribution in [2.24, 2.45) is 0 Å². The standard InChI is InChI=1S/C16H20ClN3O/c1-4-6-14-19-15(18-3)11(2)16(20-14)21-10-12-7-5-8-13(17)9-12/h5,7-9H,4,6,10H2,1-3H3,(H,18,19,20). The van der Waals surface area contributed by atoms with Crippen molar-refractivity contribution in [3.05, 3.63) is 46.2 Å². The fourth-order valence-corrected chi connectivity index (χ4v) is 2.25. The van der Waals surface area contributed by atoms with E-state index >= 15 is 0 Å². The molecule has 0 saturated carbocycles. The highest BCUT2D eigenvalue weighted by atomic mass is 35.5. The number of ether oxygens (including phenoxy) is 1. The van der Waals surface area contributed by atoms with Crippen LogP contribution < -0.4 is 10.1 Å². The van der Waals surface area contributed by atoms with Crippen molar-refractivity contribution in [3.63, 3.8) is 0 Å². The number of nitrogens with zero attached hydrogens (tertiary/aromatic N) is 2. The lowest BCUT2D eigenvalue weighted by Gasteiger charge is -2.13. The molecular weight excluding hydrogens is 286 g/mol. The maximum atomic E-state index is 5.98. The zero-order chi connectivity index (χ0) is 15.2. The van der Waals surface area contributed by atoms with Crippen molar-refractivity contribution < 1.29 is 4.74 Å². The van der Waals surface area contributed by atoms with E-state index in [9.17, 15) is 0 Å². The second-order valence-electron chi connectivity index (χ2n) is 4.84. The van der Waals surface area contributed by atoms with Crippen LogP contribution in [0.3, 0.4) is 0 Å². The molecule has 0 saturated heterocycles. The number of anilines is 1. The number of hydrogen-bond donors (Lipinski definition) is 1. The second kappa shape index (κ2) is 7.27. The maximum Gasteiger partial charge on any atom is 0.222 e. The minimum absolute atomic E-state index is 0.438. The topological polar surface area (TPSA) is 47.0 Å². The number of benzene rings is 1. The molecule has 2 rings (SSSR count). The molecule has 0 atom stereocenters. The third kappa shape index (κ3) is 4.08. The first-order chi connectivity index (χ1) is 10.1. The Hall–Kier alpha value is -1.81. The molecule has 5 heteroatoms. The van der Waals surface area contributed by atoms with E-state index < -0.39 is 0 Å². The van der Waals surface area contributed by atoms with Crippen molar-refractivity contribution in [1.29, 1.82) is 0 Å². The van der Waals surface area contributed by atoms with Gasteiger partial charge in [0.15, 0.2) is 0 Å². The van der Waals surface area contributed by atoms with Gasteiger partial charge in [-0.25, -0.2) is 4.98 Å². The number of aromatic nitrogens is 2. The van der Waals surface area contributed by atoms with E-state index in [1.165, 1.54) is 0 Å². The van der Waals surface area contributed by atoms with Crippen molar-refractivity contribution in [2.75, 3.05) is 12.4 Å². The summed E-state index contributed by atoms with van der Waals surface area (Å²) >= 11 is 5.98. The van der Waals surface area contributed by atoms with Crippen molar-refractivity contribution in [2.45, 2.75) is 33.3 Å². The van der Waals surface area contributed by atoms with Crippen LogP contribution in [0.15, 0.2) is 24.3 Å². The van der Waals surface area contributed by atoms with E-state index in [0.29, 0.717) is 17.5 Å². The molecule has 0 aliphatic carbocycles. The summed E-state index contributed by atoms with van der Waals surface area (Å²) in [6.45, 7) is 4.50. The SMILES string of the molecule is CCCc1nc(NC)c(C)c(OCc2cccc(Cl)c2)n1. The molecule has 0 aliphatic rings. The predicted octanol–water partition coefficient (Wildman–Crippen LogP) is 4.01. The first kappa shape index (κ1) is 15.6. The zero-order valence-corrected chi connectivity index (χ0v) is 13.4. The average Bonchev–Trinajstić information content (AvgIpc) is 2.48. The minimum atomic E-state index is 0.438. The molecule has 1 aromatic carbocycles. The summed E-state index contributed by atoms with van der Waals surface area (Å²) in [5.74, 6) is 2.24. The molecule has 0 fully saturated rings. The summed E-state index contributed by atoms with van der Waals surface area (Å²) in [5.41, 5.74) is 1.93. The van der Waals surface area contributed by atoms with E-state index in [0.717, 1.165) is 35.6 Å². The Balaban J connectivity index is 2.20. The second-order valence-corrected chi connectivity index (χ2v) is 5.27. The lowest BCUT2D eigenvalue weighted by molar-refractivity contribution is 0.290. The molecule has 1 N–H and O–H groups in total. The van der Waals surface area contributed by atoms with Gasteiger partial charge in [0, 0.05) is 18.5 Å². The Bertz CT molecular complexity index is 616. The molecule has 0 unspecified atom stereocenters. The van der Waals surface area contributed by atoms with E-state index in [4.69, 9.17) is 16.3 Å². The summed E-state index contributed by atoms with van der Waals surface area (Å²) in [6, 6.07) is 7.63. The molecule has 0 aliphatic heterocycles. The van der Waals surface area contributed by atoms with Gasteiger partial charge in [0.1, 0.15) is 18.2 Å². The van der Waals surface area contributed by atoms with Gasteiger partial charge in [0.05, 0.1) is 5.56 Å². The van der Waals surface area contributed by atoms with E-state index in [1.807, 2.05) is 38.2 Å². The van der Waals surface area contributed by atoms with Gasteiger partial charge >= 0.3 is 0 Å². The Morgan fingerprint density at radius 3 is 2.76 bits per heavy atom. The van der Waals surface area contributed by atoms with Crippen LogP contribution in [-0.2, 0) is 13.0 Å². The Morgan fingerprint density at radius 1 is 1.29 bits per heavy atom. The molecule has 2 aromatic rings. The van der Waals surface area contributed by atoms with Gasteiger partial charge in [0.25, 0.3) is 0 Å².